The van der Waals surface area contributed by atoms with Crippen LogP contribution in [0, 0.1) is 3.95 Å². The second kappa shape index (κ2) is 3.37. The highest BCUT2D eigenvalue weighted by atomic mass is 32.1. The van der Waals surface area contributed by atoms with Crippen molar-refractivity contribution >= 4 is 29.5 Å². The summed E-state index contributed by atoms with van der Waals surface area (Å²) >= 11 is 6.19. The highest BCUT2D eigenvalue weighted by molar-refractivity contribution is 7.73. The first kappa shape index (κ1) is 9.41. The molecule has 1 rings (SSSR count). The van der Waals surface area contributed by atoms with Crippen LogP contribution < -0.4 is 0 Å². The first-order chi connectivity index (χ1) is 5.52. The first-order valence-corrected chi connectivity index (χ1v) is 4.71. The fourth-order valence-electron chi connectivity index (χ4n) is 0.905. The van der Waals surface area contributed by atoms with Crippen LogP contribution in [0.3, 0.4) is 0 Å². The Morgan fingerprint density at radius 3 is 2.58 bits per heavy atom. The van der Waals surface area contributed by atoms with Gasteiger partial charge in [-0.25, -0.2) is 4.79 Å². The van der Waals surface area contributed by atoms with Crippen molar-refractivity contribution in [2.24, 2.45) is 0 Å². The molecule has 0 bridgehead atoms. The standard InChI is InChI=1S/C7H9NO2S2/c1-3(2)5-4(6(9)10)8-7(11)12-5/h3H,1-2H3,(H,8,11)(H,9,10). The molecule has 0 aromatic carbocycles. The van der Waals surface area contributed by atoms with Crippen LogP contribution in [0.25, 0.3) is 0 Å². The average Bonchev–Trinajstić information content (AvgIpc) is 2.31. The fraction of sp³-hybridized carbons (Fsp3) is 0.429. The zero-order chi connectivity index (χ0) is 9.30. The van der Waals surface area contributed by atoms with Gasteiger partial charge in [0.1, 0.15) is 5.69 Å². The molecule has 0 aliphatic carbocycles. The molecule has 0 aliphatic rings. The van der Waals surface area contributed by atoms with Crippen LogP contribution in [0.15, 0.2) is 0 Å². The number of aromatic nitrogens is 1. The molecule has 1 aromatic heterocycles. The Morgan fingerprint density at radius 1 is 1.67 bits per heavy atom. The number of carboxylic acid groups (broad SMARTS) is 1. The Balaban J connectivity index is 3.26. The van der Waals surface area contributed by atoms with Gasteiger partial charge < -0.3 is 10.1 Å². The lowest BCUT2D eigenvalue weighted by molar-refractivity contribution is 0.0689. The summed E-state index contributed by atoms with van der Waals surface area (Å²) in [4.78, 5) is 14.1. The maximum atomic E-state index is 10.7. The van der Waals surface area contributed by atoms with Crippen molar-refractivity contribution in [3.05, 3.63) is 14.5 Å². The molecular weight excluding hydrogens is 194 g/mol. The molecule has 0 radical (unpaired) electrons. The molecule has 12 heavy (non-hydrogen) atoms. The van der Waals surface area contributed by atoms with Gasteiger partial charge in [-0.2, -0.15) is 0 Å². The van der Waals surface area contributed by atoms with E-state index in [4.69, 9.17) is 17.3 Å². The van der Waals surface area contributed by atoms with Gasteiger partial charge in [0.15, 0.2) is 3.95 Å². The highest BCUT2D eigenvalue weighted by Gasteiger charge is 2.15. The van der Waals surface area contributed by atoms with E-state index in [0.29, 0.717) is 3.95 Å². The minimum Gasteiger partial charge on any atom is -0.477 e. The zero-order valence-corrected chi connectivity index (χ0v) is 8.38. The van der Waals surface area contributed by atoms with Crippen molar-refractivity contribution in [1.29, 1.82) is 0 Å². The second-order valence-electron chi connectivity index (χ2n) is 2.71. The van der Waals surface area contributed by atoms with E-state index >= 15 is 0 Å². The van der Waals surface area contributed by atoms with Gasteiger partial charge in [0.25, 0.3) is 0 Å². The predicted molar refractivity (Wildman–Crippen MR) is 50.6 cm³/mol. The van der Waals surface area contributed by atoms with Gasteiger partial charge in [0.05, 0.1) is 0 Å². The number of H-pyrrole nitrogens is 1. The molecule has 5 heteroatoms. The fourth-order valence-corrected chi connectivity index (χ4v) is 2.11. The predicted octanol–water partition coefficient (Wildman–Crippen LogP) is 2.63. The van der Waals surface area contributed by atoms with E-state index in [0.717, 1.165) is 4.88 Å². The van der Waals surface area contributed by atoms with E-state index in [1.54, 1.807) is 0 Å². The number of hydrogen-bond acceptors (Lipinski definition) is 3. The molecule has 0 saturated carbocycles. The number of aromatic carboxylic acids is 1. The molecule has 0 aliphatic heterocycles. The van der Waals surface area contributed by atoms with Gasteiger partial charge in [-0.3, -0.25) is 0 Å². The number of hydrogen-bond donors (Lipinski definition) is 2. The molecule has 0 atom stereocenters. The van der Waals surface area contributed by atoms with Gasteiger partial charge >= 0.3 is 5.97 Å². The number of carbonyl (C=O) groups is 1. The van der Waals surface area contributed by atoms with Crippen LogP contribution in [0.1, 0.15) is 35.1 Å². The van der Waals surface area contributed by atoms with E-state index in [-0.39, 0.29) is 11.6 Å². The molecular formula is C7H9NO2S2. The lowest BCUT2D eigenvalue weighted by atomic mass is 10.1. The van der Waals surface area contributed by atoms with E-state index in [9.17, 15) is 4.79 Å². The highest BCUT2D eigenvalue weighted by Crippen LogP contribution is 2.24. The lowest BCUT2D eigenvalue weighted by Crippen LogP contribution is -2.01. The number of thiazole rings is 1. The Bertz CT molecular complexity index is 351. The third-order valence-electron chi connectivity index (χ3n) is 1.41. The molecule has 2 N–H and O–H groups in total. The third-order valence-corrected chi connectivity index (χ3v) is 2.95. The van der Waals surface area contributed by atoms with Gasteiger partial charge in [-0.05, 0) is 18.1 Å². The number of nitrogens with one attached hydrogen (secondary N) is 1. The topological polar surface area (TPSA) is 53.1 Å². The van der Waals surface area contributed by atoms with Crippen LogP contribution in [0.5, 0.6) is 0 Å². The Morgan fingerprint density at radius 2 is 2.25 bits per heavy atom. The third kappa shape index (κ3) is 1.73. The van der Waals surface area contributed by atoms with Crippen molar-refractivity contribution in [1.82, 2.24) is 4.98 Å². The van der Waals surface area contributed by atoms with E-state index < -0.39 is 5.97 Å². The van der Waals surface area contributed by atoms with Gasteiger partial charge in [0, 0.05) is 4.88 Å². The van der Waals surface area contributed by atoms with E-state index in [2.05, 4.69) is 4.98 Å². The minimum absolute atomic E-state index is 0.203. The Kier molecular flexibility index (Phi) is 2.64. The largest absolute Gasteiger partial charge is 0.477 e. The van der Waals surface area contributed by atoms with Crippen molar-refractivity contribution in [2.45, 2.75) is 19.8 Å². The molecule has 0 saturated heterocycles. The average molecular weight is 203 g/mol. The normalized spacial score (nSPS) is 10.6. The van der Waals surface area contributed by atoms with Gasteiger partial charge in [-0.1, -0.05) is 13.8 Å². The number of aromatic amines is 1. The molecule has 0 amide bonds. The Hall–Kier alpha value is -0.680. The smallest absolute Gasteiger partial charge is 0.353 e. The molecule has 0 fully saturated rings. The van der Waals surface area contributed by atoms with E-state index in [1.165, 1.54) is 11.3 Å². The van der Waals surface area contributed by atoms with Crippen LogP contribution in [0.4, 0.5) is 0 Å². The summed E-state index contributed by atoms with van der Waals surface area (Å²) in [5.74, 6) is -0.736. The van der Waals surface area contributed by atoms with Crippen molar-refractivity contribution in [3.63, 3.8) is 0 Å². The molecule has 3 nitrogen and oxygen atoms in total. The lowest BCUT2D eigenvalue weighted by Gasteiger charge is -2.00. The monoisotopic (exact) mass is 203 g/mol. The van der Waals surface area contributed by atoms with Crippen molar-refractivity contribution in [3.8, 4) is 0 Å². The summed E-state index contributed by atoms with van der Waals surface area (Å²) in [6, 6.07) is 0. The van der Waals surface area contributed by atoms with Crippen LogP contribution in [0.2, 0.25) is 0 Å². The number of rotatable bonds is 2. The molecule has 0 spiro atoms. The first-order valence-electron chi connectivity index (χ1n) is 3.48. The summed E-state index contributed by atoms with van der Waals surface area (Å²) in [6.07, 6.45) is 0. The van der Waals surface area contributed by atoms with Crippen LogP contribution in [-0.4, -0.2) is 16.1 Å². The van der Waals surface area contributed by atoms with Crippen LogP contribution >= 0.6 is 23.6 Å². The second-order valence-corrected chi connectivity index (χ2v) is 4.43. The maximum absolute atomic E-state index is 10.7. The van der Waals surface area contributed by atoms with Crippen LogP contribution in [-0.2, 0) is 0 Å². The molecule has 1 aromatic rings. The summed E-state index contributed by atoms with van der Waals surface area (Å²) in [6.45, 7) is 3.89. The summed E-state index contributed by atoms with van der Waals surface area (Å²) in [5.41, 5.74) is 0.236. The van der Waals surface area contributed by atoms with Gasteiger partial charge in [0.2, 0.25) is 0 Å². The SMILES string of the molecule is CC(C)c1sc(=S)[nH]c1C(=O)O. The maximum Gasteiger partial charge on any atom is 0.353 e. The zero-order valence-electron chi connectivity index (χ0n) is 6.75. The number of carboxylic acids is 1. The molecule has 1 heterocycles. The van der Waals surface area contributed by atoms with Crippen molar-refractivity contribution in [2.75, 3.05) is 0 Å². The van der Waals surface area contributed by atoms with Gasteiger partial charge in [-0.15, -0.1) is 11.3 Å². The molecule has 66 valence electrons. The Labute approximate surface area is 79.1 Å². The summed E-state index contributed by atoms with van der Waals surface area (Å²) < 4.78 is 0.524. The van der Waals surface area contributed by atoms with Crippen molar-refractivity contribution < 1.29 is 9.90 Å². The molecule has 0 unspecified atom stereocenters. The summed E-state index contributed by atoms with van der Waals surface area (Å²) in [7, 11) is 0. The summed E-state index contributed by atoms with van der Waals surface area (Å²) in [5, 5.41) is 8.76. The van der Waals surface area contributed by atoms with E-state index in [1.807, 2.05) is 13.8 Å². The quantitative estimate of drug-likeness (QED) is 0.726. The minimum atomic E-state index is -0.939.